The molecule has 0 radical (unpaired) electrons. The van der Waals surface area contributed by atoms with Gasteiger partial charge in [-0.05, 0) is 30.5 Å². The molecule has 0 amide bonds. The number of Topliss-reactive ketones (excluding diaryl/α,β-unsaturated/α-hetero) is 1. The van der Waals surface area contributed by atoms with E-state index in [0.29, 0.717) is 12.0 Å². The molecule has 1 unspecified atom stereocenters. The number of rotatable bonds is 3. The van der Waals surface area contributed by atoms with Gasteiger partial charge in [-0.2, -0.15) is 0 Å². The third-order valence-corrected chi connectivity index (χ3v) is 3.56. The lowest BCUT2D eigenvalue weighted by Gasteiger charge is -2.22. The van der Waals surface area contributed by atoms with Crippen molar-refractivity contribution in [2.24, 2.45) is 0 Å². The molecule has 0 spiro atoms. The highest BCUT2D eigenvalue weighted by molar-refractivity contribution is 9.10. The monoisotopic (exact) mass is 322 g/mol. The van der Waals surface area contributed by atoms with E-state index in [4.69, 9.17) is 4.74 Å². The highest BCUT2D eigenvalue weighted by atomic mass is 79.9. The van der Waals surface area contributed by atoms with Crippen molar-refractivity contribution in [3.8, 4) is 0 Å². The number of halogens is 1. The Hall–Kier alpha value is -1.42. The Morgan fingerprint density at radius 1 is 1.32 bits per heavy atom. The molecule has 19 heavy (non-hydrogen) atoms. The molecule has 1 aliphatic rings. The van der Waals surface area contributed by atoms with Crippen molar-refractivity contribution >= 4 is 27.7 Å². The molecule has 100 valence electrons. The Labute approximate surface area is 120 Å². The summed E-state index contributed by atoms with van der Waals surface area (Å²) in [5.74, 6) is -0.312. The molecule has 0 bridgehead atoms. The van der Waals surface area contributed by atoms with Crippen LogP contribution in [0.15, 0.2) is 40.4 Å². The van der Waals surface area contributed by atoms with E-state index < -0.39 is 6.10 Å². The predicted molar refractivity (Wildman–Crippen MR) is 75.6 cm³/mol. The van der Waals surface area contributed by atoms with Crippen LogP contribution >= 0.6 is 15.9 Å². The summed E-state index contributed by atoms with van der Waals surface area (Å²) in [6.45, 7) is 1.36. The zero-order chi connectivity index (χ0) is 13.8. The van der Waals surface area contributed by atoms with Gasteiger partial charge in [-0.25, -0.2) is 0 Å². The molecule has 0 aromatic heterocycles. The van der Waals surface area contributed by atoms with Crippen LogP contribution in [0.5, 0.6) is 0 Å². The van der Waals surface area contributed by atoms with Crippen molar-refractivity contribution in [2.45, 2.75) is 32.3 Å². The van der Waals surface area contributed by atoms with Crippen molar-refractivity contribution in [3.05, 3.63) is 46.0 Å². The van der Waals surface area contributed by atoms with Gasteiger partial charge in [0.2, 0.25) is 0 Å². The number of hydrogen-bond acceptors (Lipinski definition) is 3. The number of benzene rings is 1. The summed E-state index contributed by atoms with van der Waals surface area (Å²) >= 11 is 3.36. The number of ketones is 1. The normalized spacial score (nSPS) is 16.7. The van der Waals surface area contributed by atoms with Crippen LogP contribution in [0.1, 0.15) is 37.9 Å². The van der Waals surface area contributed by atoms with Crippen molar-refractivity contribution in [2.75, 3.05) is 0 Å². The third-order valence-electron chi connectivity index (χ3n) is 3.03. The molecule has 3 nitrogen and oxygen atoms in total. The second-order valence-electron chi connectivity index (χ2n) is 4.52. The van der Waals surface area contributed by atoms with Crippen LogP contribution in [0.2, 0.25) is 0 Å². The van der Waals surface area contributed by atoms with Crippen molar-refractivity contribution in [1.29, 1.82) is 0 Å². The van der Waals surface area contributed by atoms with E-state index in [-0.39, 0.29) is 11.8 Å². The topological polar surface area (TPSA) is 43.4 Å². The molecule has 1 aromatic rings. The highest BCUT2D eigenvalue weighted by Gasteiger charge is 2.26. The average molecular weight is 323 g/mol. The van der Waals surface area contributed by atoms with E-state index in [2.05, 4.69) is 15.9 Å². The maximum absolute atomic E-state index is 12.0. The maximum atomic E-state index is 12.0. The van der Waals surface area contributed by atoms with Gasteiger partial charge in [-0.3, -0.25) is 9.59 Å². The van der Waals surface area contributed by atoms with Crippen LogP contribution in [-0.4, -0.2) is 11.8 Å². The maximum Gasteiger partial charge on any atom is 0.303 e. The van der Waals surface area contributed by atoms with Crippen LogP contribution in [-0.2, 0) is 14.3 Å². The van der Waals surface area contributed by atoms with Crippen LogP contribution in [0, 0.1) is 0 Å². The van der Waals surface area contributed by atoms with E-state index in [1.807, 2.05) is 30.3 Å². The number of hydrogen-bond donors (Lipinski definition) is 0. The fourth-order valence-corrected chi connectivity index (χ4v) is 2.41. The molecule has 4 heteroatoms. The summed E-state index contributed by atoms with van der Waals surface area (Å²) in [5.41, 5.74) is 1.42. The molecule has 0 saturated carbocycles. The Bertz CT molecular complexity index is 517. The molecule has 0 aliphatic heterocycles. The zero-order valence-electron chi connectivity index (χ0n) is 10.7. The largest absolute Gasteiger partial charge is 0.453 e. The minimum atomic E-state index is -0.585. The summed E-state index contributed by atoms with van der Waals surface area (Å²) in [5, 5.41) is 0. The highest BCUT2D eigenvalue weighted by Crippen LogP contribution is 2.31. The molecule has 0 heterocycles. The van der Waals surface area contributed by atoms with Crippen LogP contribution in [0.4, 0.5) is 0 Å². The summed E-state index contributed by atoms with van der Waals surface area (Å²) in [4.78, 5) is 23.3. The molecule has 2 rings (SSSR count). The van der Waals surface area contributed by atoms with E-state index in [9.17, 15) is 9.59 Å². The zero-order valence-corrected chi connectivity index (χ0v) is 12.3. The summed E-state index contributed by atoms with van der Waals surface area (Å²) in [6, 6.07) is 7.47. The lowest BCUT2D eigenvalue weighted by atomic mass is 9.90. The third kappa shape index (κ3) is 3.53. The molecule has 0 N–H and O–H groups in total. The SMILES string of the molecule is CC(=O)OC(C1=CCCCC1=O)c1ccc(Br)cc1. The lowest BCUT2D eigenvalue weighted by molar-refractivity contribution is -0.145. The second-order valence-corrected chi connectivity index (χ2v) is 5.43. The molecule has 1 aliphatic carbocycles. The molecule has 1 aromatic carbocycles. The average Bonchev–Trinajstić information content (AvgIpc) is 2.38. The van der Waals surface area contributed by atoms with Crippen molar-refractivity contribution in [3.63, 3.8) is 0 Å². The van der Waals surface area contributed by atoms with Gasteiger partial charge in [-0.1, -0.05) is 34.1 Å². The number of carbonyl (C=O) groups is 2. The van der Waals surface area contributed by atoms with E-state index in [1.54, 1.807) is 0 Å². The lowest BCUT2D eigenvalue weighted by Crippen LogP contribution is -2.19. The number of esters is 1. The summed E-state index contributed by atoms with van der Waals surface area (Å²) in [7, 11) is 0. The second kappa shape index (κ2) is 6.15. The Balaban J connectivity index is 2.35. The fourth-order valence-electron chi connectivity index (χ4n) is 2.15. The minimum Gasteiger partial charge on any atom is -0.453 e. The Morgan fingerprint density at radius 2 is 2.00 bits per heavy atom. The number of carbonyl (C=O) groups excluding carboxylic acids is 2. The van der Waals surface area contributed by atoms with Crippen LogP contribution in [0.25, 0.3) is 0 Å². The fraction of sp³-hybridized carbons (Fsp3) is 0.333. The van der Waals surface area contributed by atoms with Gasteiger partial charge in [0, 0.05) is 23.4 Å². The van der Waals surface area contributed by atoms with Gasteiger partial charge in [0.1, 0.15) is 0 Å². The van der Waals surface area contributed by atoms with Gasteiger partial charge in [0.15, 0.2) is 11.9 Å². The van der Waals surface area contributed by atoms with E-state index in [1.165, 1.54) is 6.92 Å². The van der Waals surface area contributed by atoms with Gasteiger partial charge < -0.3 is 4.74 Å². The van der Waals surface area contributed by atoms with Crippen molar-refractivity contribution in [1.82, 2.24) is 0 Å². The molecule has 1 atom stereocenters. The first kappa shape index (κ1) is 14.0. The minimum absolute atomic E-state index is 0.0698. The van der Waals surface area contributed by atoms with E-state index in [0.717, 1.165) is 22.9 Å². The molecular formula is C15H15BrO3. The van der Waals surface area contributed by atoms with Crippen LogP contribution < -0.4 is 0 Å². The van der Waals surface area contributed by atoms with Crippen LogP contribution in [0.3, 0.4) is 0 Å². The van der Waals surface area contributed by atoms with Gasteiger partial charge >= 0.3 is 5.97 Å². The molecule has 0 fully saturated rings. The Kier molecular flexibility index (Phi) is 4.53. The first-order valence-corrected chi connectivity index (χ1v) is 7.03. The standard InChI is InChI=1S/C15H15BrO3/c1-10(17)19-15(11-6-8-12(16)9-7-11)13-4-2-3-5-14(13)18/h4,6-9,15H,2-3,5H2,1H3. The first-order valence-electron chi connectivity index (χ1n) is 6.24. The summed E-state index contributed by atoms with van der Waals surface area (Å²) < 4.78 is 6.29. The number of ether oxygens (including phenoxy) is 1. The number of allylic oxidation sites excluding steroid dienone is 1. The molecular weight excluding hydrogens is 308 g/mol. The van der Waals surface area contributed by atoms with Crippen molar-refractivity contribution < 1.29 is 14.3 Å². The summed E-state index contributed by atoms with van der Waals surface area (Å²) in [6.07, 6.45) is 3.56. The van der Waals surface area contributed by atoms with Gasteiger partial charge in [-0.15, -0.1) is 0 Å². The molecule has 0 saturated heterocycles. The quantitative estimate of drug-likeness (QED) is 0.796. The first-order chi connectivity index (χ1) is 9.08. The van der Waals surface area contributed by atoms with E-state index >= 15 is 0 Å². The predicted octanol–water partition coefficient (Wildman–Crippen LogP) is 3.73. The Morgan fingerprint density at radius 3 is 2.58 bits per heavy atom. The van der Waals surface area contributed by atoms with Gasteiger partial charge in [0.05, 0.1) is 0 Å². The smallest absolute Gasteiger partial charge is 0.303 e. The van der Waals surface area contributed by atoms with Gasteiger partial charge in [0.25, 0.3) is 0 Å².